The van der Waals surface area contributed by atoms with Crippen LogP contribution in [0.1, 0.15) is 40.0 Å². The molecule has 0 fully saturated rings. The molecular formula is C11H25NO. The van der Waals surface area contributed by atoms with Crippen LogP contribution in [-0.2, 0) is 4.74 Å². The van der Waals surface area contributed by atoms with E-state index < -0.39 is 0 Å². The molecule has 0 aromatic carbocycles. The number of hydrogen-bond acceptors (Lipinski definition) is 2. The lowest BCUT2D eigenvalue weighted by Crippen LogP contribution is -2.23. The van der Waals surface area contributed by atoms with Crippen LogP contribution in [0, 0.1) is 5.92 Å². The molecule has 0 aromatic heterocycles. The minimum atomic E-state index is 0.622. The van der Waals surface area contributed by atoms with Gasteiger partial charge in [0, 0.05) is 19.8 Å². The van der Waals surface area contributed by atoms with Gasteiger partial charge in [-0.15, -0.1) is 0 Å². The minimum Gasteiger partial charge on any atom is -0.384 e. The van der Waals surface area contributed by atoms with Gasteiger partial charge in [-0.2, -0.15) is 0 Å². The largest absolute Gasteiger partial charge is 0.384 e. The molecule has 1 atom stereocenters. The fourth-order valence-electron chi connectivity index (χ4n) is 1.38. The summed E-state index contributed by atoms with van der Waals surface area (Å²) in [6.07, 6.45) is 3.88. The Morgan fingerprint density at radius 2 is 1.85 bits per heavy atom. The molecule has 0 amide bonds. The molecule has 13 heavy (non-hydrogen) atoms. The molecule has 1 N–H and O–H groups in total. The van der Waals surface area contributed by atoms with Crippen LogP contribution in [-0.4, -0.2) is 26.3 Å². The second-order valence-corrected chi connectivity index (χ2v) is 4.17. The van der Waals surface area contributed by atoms with Gasteiger partial charge in [0.05, 0.1) is 0 Å². The van der Waals surface area contributed by atoms with Crippen molar-refractivity contribution in [1.29, 1.82) is 0 Å². The first-order chi connectivity index (χ1) is 6.16. The summed E-state index contributed by atoms with van der Waals surface area (Å²) in [6, 6.07) is 0.622. The summed E-state index contributed by atoms with van der Waals surface area (Å²) in [6.45, 7) is 8.68. The van der Waals surface area contributed by atoms with Crippen LogP contribution in [0.4, 0.5) is 0 Å². The summed E-state index contributed by atoms with van der Waals surface area (Å²) >= 11 is 0. The van der Waals surface area contributed by atoms with E-state index >= 15 is 0 Å². The predicted molar refractivity (Wildman–Crippen MR) is 58.0 cm³/mol. The first-order valence-electron chi connectivity index (χ1n) is 5.39. The zero-order chi connectivity index (χ0) is 10.1. The van der Waals surface area contributed by atoms with Crippen molar-refractivity contribution in [2.24, 2.45) is 5.92 Å². The van der Waals surface area contributed by atoms with Crippen LogP contribution in [0.3, 0.4) is 0 Å². The Labute approximate surface area is 83.1 Å². The molecular weight excluding hydrogens is 162 g/mol. The van der Waals surface area contributed by atoms with Gasteiger partial charge in [-0.3, -0.25) is 0 Å². The van der Waals surface area contributed by atoms with Gasteiger partial charge in [0.2, 0.25) is 0 Å². The fourth-order valence-corrected chi connectivity index (χ4v) is 1.38. The van der Waals surface area contributed by atoms with Gasteiger partial charge < -0.3 is 10.1 Å². The Kier molecular flexibility index (Phi) is 8.46. The van der Waals surface area contributed by atoms with E-state index in [4.69, 9.17) is 4.74 Å². The maximum atomic E-state index is 5.08. The smallest absolute Gasteiger partial charge is 0.0487 e. The maximum Gasteiger partial charge on any atom is 0.0487 e. The Bertz CT molecular complexity index is 104. The molecule has 1 unspecified atom stereocenters. The fraction of sp³-hybridized carbons (Fsp3) is 1.00. The molecule has 0 spiro atoms. The van der Waals surface area contributed by atoms with Gasteiger partial charge >= 0.3 is 0 Å². The third kappa shape index (κ3) is 9.84. The number of ether oxygens (including phenoxy) is 1. The van der Waals surface area contributed by atoms with Gasteiger partial charge in [-0.1, -0.05) is 27.2 Å². The molecule has 0 aliphatic carbocycles. The summed E-state index contributed by atoms with van der Waals surface area (Å²) in [7, 11) is 1.77. The van der Waals surface area contributed by atoms with E-state index in [2.05, 4.69) is 26.1 Å². The highest BCUT2D eigenvalue weighted by Gasteiger charge is 2.00. The molecule has 0 aromatic rings. The summed E-state index contributed by atoms with van der Waals surface area (Å²) in [5.74, 6) is 0.712. The number of rotatable bonds is 8. The van der Waals surface area contributed by atoms with Crippen LogP contribution in [0.2, 0.25) is 0 Å². The second kappa shape index (κ2) is 8.52. The average Bonchev–Trinajstić information content (AvgIpc) is 2.03. The number of hydrogen-bond donors (Lipinski definition) is 1. The highest BCUT2D eigenvalue weighted by molar-refractivity contribution is 4.55. The summed E-state index contributed by atoms with van der Waals surface area (Å²) in [4.78, 5) is 0. The first-order valence-corrected chi connectivity index (χ1v) is 5.39. The number of unbranched alkanes of at least 4 members (excludes halogenated alkanes) is 1. The topological polar surface area (TPSA) is 21.3 Å². The van der Waals surface area contributed by atoms with E-state index in [9.17, 15) is 0 Å². The zero-order valence-electron chi connectivity index (χ0n) is 9.60. The molecule has 0 bridgehead atoms. The first kappa shape index (κ1) is 12.9. The van der Waals surface area contributed by atoms with Crippen molar-refractivity contribution in [1.82, 2.24) is 5.32 Å². The lowest BCUT2D eigenvalue weighted by molar-refractivity contribution is 0.154. The second-order valence-electron chi connectivity index (χ2n) is 4.17. The predicted octanol–water partition coefficient (Wildman–Crippen LogP) is 2.44. The van der Waals surface area contributed by atoms with Crippen LogP contribution in [0.5, 0.6) is 0 Å². The van der Waals surface area contributed by atoms with Crippen molar-refractivity contribution < 1.29 is 4.74 Å². The third-order valence-corrected chi connectivity index (χ3v) is 2.13. The normalized spacial score (nSPS) is 13.6. The van der Waals surface area contributed by atoms with Crippen molar-refractivity contribution in [3.63, 3.8) is 0 Å². The summed E-state index contributed by atoms with van der Waals surface area (Å²) in [5.41, 5.74) is 0. The summed E-state index contributed by atoms with van der Waals surface area (Å²) in [5, 5.41) is 3.42. The Morgan fingerprint density at radius 1 is 1.15 bits per heavy atom. The Morgan fingerprint density at radius 3 is 2.38 bits per heavy atom. The average molecular weight is 187 g/mol. The van der Waals surface area contributed by atoms with Crippen LogP contribution in [0.25, 0.3) is 0 Å². The van der Waals surface area contributed by atoms with Gasteiger partial charge in [0.25, 0.3) is 0 Å². The number of nitrogens with one attached hydrogen (secondary N) is 1. The molecule has 0 rings (SSSR count). The monoisotopic (exact) mass is 187 g/mol. The summed E-state index contributed by atoms with van der Waals surface area (Å²) < 4.78 is 5.08. The van der Waals surface area contributed by atoms with E-state index in [1.807, 2.05) is 0 Å². The molecule has 0 heterocycles. The van der Waals surface area contributed by atoms with Crippen molar-refractivity contribution in [3.05, 3.63) is 0 Å². The van der Waals surface area contributed by atoms with Crippen molar-refractivity contribution in [2.45, 2.75) is 46.1 Å². The van der Waals surface area contributed by atoms with Crippen molar-refractivity contribution >= 4 is 0 Å². The van der Waals surface area contributed by atoms with E-state index in [1.54, 1.807) is 7.11 Å². The van der Waals surface area contributed by atoms with Gasteiger partial charge in [-0.25, -0.2) is 0 Å². The lowest BCUT2D eigenvalue weighted by atomic mass is 10.1. The minimum absolute atomic E-state index is 0.622. The standard InChI is InChI=1S/C11H25NO/c1-10(2)12-8-6-5-7-11(3)9-13-4/h10-12H,5-9H2,1-4H3. The van der Waals surface area contributed by atoms with Gasteiger partial charge in [-0.05, 0) is 25.3 Å². The molecule has 0 saturated heterocycles. The molecule has 0 radical (unpaired) electrons. The molecule has 2 nitrogen and oxygen atoms in total. The van der Waals surface area contributed by atoms with E-state index in [1.165, 1.54) is 19.3 Å². The molecule has 0 aliphatic rings. The van der Waals surface area contributed by atoms with Gasteiger partial charge in [0.1, 0.15) is 0 Å². The highest BCUT2D eigenvalue weighted by Crippen LogP contribution is 2.07. The van der Waals surface area contributed by atoms with Crippen LogP contribution in [0.15, 0.2) is 0 Å². The van der Waals surface area contributed by atoms with E-state index in [-0.39, 0.29) is 0 Å². The Balaban J connectivity index is 3.06. The maximum absolute atomic E-state index is 5.08. The van der Waals surface area contributed by atoms with Crippen LogP contribution < -0.4 is 5.32 Å². The molecule has 0 saturated carbocycles. The quantitative estimate of drug-likeness (QED) is 0.589. The Hall–Kier alpha value is -0.0800. The lowest BCUT2D eigenvalue weighted by Gasteiger charge is -2.10. The van der Waals surface area contributed by atoms with Gasteiger partial charge in [0.15, 0.2) is 0 Å². The zero-order valence-corrected chi connectivity index (χ0v) is 9.60. The highest BCUT2D eigenvalue weighted by atomic mass is 16.5. The number of methoxy groups -OCH3 is 1. The molecule has 80 valence electrons. The molecule has 2 heteroatoms. The van der Waals surface area contributed by atoms with E-state index in [0.29, 0.717) is 12.0 Å². The van der Waals surface area contributed by atoms with Crippen molar-refractivity contribution in [2.75, 3.05) is 20.3 Å². The van der Waals surface area contributed by atoms with Crippen molar-refractivity contribution in [3.8, 4) is 0 Å². The SMILES string of the molecule is COCC(C)CCCCNC(C)C. The third-order valence-electron chi connectivity index (χ3n) is 2.13. The van der Waals surface area contributed by atoms with Crippen LogP contribution >= 0.6 is 0 Å². The molecule has 0 aliphatic heterocycles. The van der Waals surface area contributed by atoms with E-state index in [0.717, 1.165) is 13.2 Å².